The quantitative estimate of drug-likeness (QED) is 0.550. The summed E-state index contributed by atoms with van der Waals surface area (Å²) in [5.74, 6) is 0.696. The lowest BCUT2D eigenvalue weighted by Crippen LogP contribution is -2.25. The van der Waals surface area contributed by atoms with Gasteiger partial charge in [-0.1, -0.05) is 48.5 Å². The van der Waals surface area contributed by atoms with E-state index in [1.807, 2.05) is 0 Å². The summed E-state index contributed by atoms with van der Waals surface area (Å²) in [7, 11) is -1.11. The fourth-order valence-corrected chi connectivity index (χ4v) is 5.23. The van der Waals surface area contributed by atoms with Crippen LogP contribution in [0.25, 0.3) is 0 Å². The Kier molecular flexibility index (Phi) is 2.59. The van der Waals surface area contributed by atoms with Crippen molar-refractivity contribution in [3.8, 4) is 0 Å². The fourth-order valence-electron chi connectivity index (χ4n) is 2.51. The topological polar surface area (TPSA) is 0 Å². The Hall–Kier alpha value is -0.303. The van der Waals surface area contributed by atoms with Gasteiger partial charge in [-0.3, -0.25) is 0 Å². The summed E-state index contributed by atoms with van der Waals surface area (Å²) >= 11 is 0. The minimum Gasteiger partial charge on any atom is -0.0669 e. The highest BCUT2D eigenvalue weighted by molar-refractivity contribution is 6.84. The number of allylic oxidation sites excluding steroid dienone is 4. The molecule has 1 aliphatic rings. The van der Waals surface area contributed by atoms with Gasteiger partial charge in [0.05, 0.1) is 8.07 Å². The molecule has 0 aliphatic heterocycles. The first-order valence-corrected chi connectivity index (χ1v) is 8.65. The average molecular weight is 194 g/mol. The average Bonchev–Trinajstić information content (AvgIpc) is 2.14. The van der Waals surface area contributed by atoms with E-state index in [9.17, 15) is 0 Å². The van der Waals surface area contributed by atoms with Gasteiger partial charge in [-0.15, -0.1) is 0 Å². The molecule has 0 fully saturated rings. The third-order valence-electron chi connectivity index (χ3n) is 3.41. The maximum Gasteiger partial charge on any atom is 0.0778 e. The van der Waals surface area contributed by atoms with Gasteiger partial charge < -0.3 is 0 Å². The van der Waals surface area contributed by atoms with E-state index in [0.717, 1.165) is 0 Å². The van der Waals surface area contributed by atoms with Crippen molar-refractivity contribution in [1.82, 2.24) is 0 Å². The van der Waals surface area contributed by atoms with Gasteiger partial charge in [0.2, 0.25) is 0 Å². The molecule has 0 aromatic carbocycles. The molecule has 0 saturated carbocycles. The second-order valence-corrected chi connectivity index (χ2v) is 10.3. The van der Waals surface area contributed by atoms with Gasteiger partial charge in [0.25, 0.3) is 0 Å². The molecule has 1 unspecified atom stereocenters. The van der Waals surface area contributed by atoms with Crippen molar-refractivity contribution in [3.63, 3.8) is 0 Å². The van der Waals surface area contributed by atoms with Gasteiger partial charge in [0.1, 0.15) is 0 Å². The normalized spacial score (nSPS) is 24.7. The van der Waals surface area contributed by atoms with Crippen LogP contribution in [0.3, 0.4) is 0 Å². The molecule has 1 rings (SSSR count). The van der Waals surface area contributed by atoms with Crippen molar-refractivity contribution in [3.05, 3.63) is 21.9 Å². The molecule has 1 heteroatoms. The van der Waals surface area contributed by atoms with E-state index in [4.69, 9.17) is 0 Å². The summed E-state index contributed by atoms with van der Waals surface area (Å²) < 4.78 is 0. The monoisotopic (exact) mass is 194 g/mol. The van der Waals surface area contributed by atoms with Gasteiger partial charge in [0.15, 0.2) is 0 Å². The van der Waals surface area contributed by atoms with Gasteiger partial charge >= 0.3 is 0 Å². The Morgan fingerprint density at radius 1 is 0.923 bits per heavy atom. The van der Waals surface area contributed by atoms with E-state index in [2.05, 4.69) is 47.3 Å². The van der Waals surface area contributed by atoms with Gasteiger partial charge in [-0.05, 0) is 26.7 Å². The lowest BCUT2D eigenvalue weighted by atomic mass is 10.0. The molecular formula is C12H22Si. The van der Waals surface area contributed by atoms with Gasteiger partial charge in [-0.2, -0.15) is 0 Å². The second kappa shape index (κ2) is 3.12. The molecule has 0 amide bonds. The van der Waals surface area contributed by atoms with Gasteiger partial charge in [0, 0.05) is 0 Å². The van der Waals surface area contributed by atoms with Crippen molar-refractivity contribution in [2.75, 3.05) is 0 Å². The highest BCUT2D eigenvalue weighted by Crippen LogP contribution is 2.40. The predicted molar refractivity (Wildman–Crippen MR) is 63.6 cm³/mol. The molecule has 0 heterocycles. The highest BCUT2D eigenvalue weighted by atomic mass is 28.3. The standard InChI is InChI=1S/C12H22Si/c1-8-9(2)11(4)12(10(8)3)13(5,6)7/h8H,1-7H3. The molecular weight excluding hydrogens is 172 g/mol. The molecule has 1 atom stereocenters. The molecule has 0 N–H and O–H groups in total. The maximum absolute atomic E-state index is 2.45. The minimum atomic E-state index is -1.11. The Morgan fingerprint density at radius 3 is 1.54 bits per heavy atom. The summed E-state index contributed by atoms with van der Waals surface area (Å²) in [6.45, 7) is 16.6. The van der Waals surface area contributed by atoms with Crippen molar-refractivity contribution >= 4 is 8.07 Å². The van der Waals surface area contributed by atoms with Crippen molar-refractivity contribution < 1.29 is 0 Å². The SMILES string of the molecule is CC1=C(C)C(C)C(C)=C1[Si](C)(C)C. The van der Waals surface area contributed by atoms with Crippen LogP contribution in [0.5, 0.6) is 0 Å². The largest absolute Gasteiger partial charge is 0.0778 e. The molecule has 13 heavy (non-hydrogen) atoms. The first-order valence-electron chi connectivity index (χ1n) is 5.15. The molecule has 0 nitrogen and oxygen atoms in total. The molecule has 0 aromatic heterocycles. The van der Waals surface area contributed by atoms with Crippen LogP contribution in [0.1, 0.15) is 27.7 Å². The van der Waals surface area contributed by atoms with Crippen LogP contribution in [-0.2, 0) is 0 Å². The van der Waals surface area contributed by atoms with Crippen LogP contribution in [0, 0.1) is 5.92 Å². The summed E-state index contributed by atoms with van der Waals surface area (Å²) in [5, 5.41) is 1.72. The molecule has 1 aliphatic carbocycles. The van der Waals surface area contributed by atoms with E-state index < -0.39 is 8.07 Å². The molecule has 0 spiro atoms. The first-order chi connectivity index (χ1) is 5.76. The van der Waals surface area contributed by atoms with E-state index in [0.29, 0.717) is 5.92 Å². The molecule has 74 valence electrons. The fraction of sp³-hybridized carbons (Fsp3) is 0.667. The maximum atomic E-state index is 2.45. The highest BCUT2D eigenvalue weighted by Gasteiger charge is 2.31. The minimum absolute atomic E-state index is 0.696. The van der Waals surface area contributed by atoms with Crippen LogP contribution in [0.2, 0.25) is 19.6 Å². The van der Waals surface area contributed by atoms with Crippen molar-refractivity contribution in [1.29, 1.82) is 0 Å². The zero-order chi connectivity index (χ0) is 10.4. The van der Waals surface area contributed by atoms with Gasteiger partial charge in [-0.25, -0.2) is 0 Å². The summed E-state index contributed by atoms with van der Waals surface area (Å²) in [5.41, 5.74) is 4.81. The third kappa shape index (κ3) is 1.67. The van der Waals surface area contributed by atoms with Crippen molar-refractivity contribution in [2.24, 2.45) is 5.92 Å². The smallest absolute Gasteiger partial charge is 0.0669 e. The van der Waals surface area contributed by atoms with Crippen molar-refractivity contribution in [2.45, 2.75) is 47.3 Å². The lowest BCUT2D eigenvalue weighted by Gasteiger charge is -2.21. The summed E-state index contributed by atoms with van der Waals surface area (Å²) in [6, 6.07) is 0. The molecule has 0 bridgehead atoms. The van der Waals surface area contributed by atoms with Crippen LogP contribution in [0.15, 0.2) is 21.9 Å². The lowest BCUT2D eigenvalue weighted by molar-refractivity contribution is 0.816. The number of hydrogen-bond acceptors (Lipinski definition) is 0. The second-order valence-electron chi connectivity index (χ2n) is 5.34. The van der Waals surface area contributed by atoms with Crippen LogP contribution >= 0.6 is 0 Å². The summed E-state index contributed by atoms with van der Waals surface area (Å²) in [4.78, 5) is 0. The first kappa shape index (κ1) is 10.8. The molecule has 0 saturated heterocycles. The van der Waals surface area contributed by atoms with E-state index in [1.54, 1.807) is 21.9 Å². The number of hydrogen-bond donors (Lipinski definition) is 0. The van der Waals surface area contributed by atoms with E-state index in [-0.39, 0.29) is 0 Å². The molecule has 0 aromatic rings. The zero-order valence-electron chi connectivity index (χ0n) is 10.1. The van der Waals surface area contributed by atoms with Crippen LogP contribution < -0.4 is 0 Å². The Balaban J connectivity index is 3.24. The molecule has 0 radical (unpaired) electrons. The van der Waals surface area contributed by atoms with E-state index >= 15 is 0 Å². The Bertz CT molecular complexity index is 287. The predicted octanol–water partition coefficient (Wildman–Crippen LogP) is 4.17. The number of rotatable bonds is 1. The summed E-state index contributed by atoms with van der Waals surface area (Å²) in [6.07, 6.45) is 0. The Labute approximate surface area is 83.7 Å². The zero-order valence-corrected chi connectivity index (χ0v) is 11.1. The van der Waals surface area contributed by atoms with Crippen LogP contribution in [-0.4, -0.2) is 8.07 Å². The van der Waals surface area contributed by atoms with Crippen LogP contribution in [0.4, 0.5) is 0 Å². The third-order valence-corrected chi connectivity index (χ3v) is 5.68. The Morgan fingerprint density at radius 2 is 1.38 bits per heavy atom. The van der Waals surface area contributed by atoms with E-state index in [1.165, 1.54) is 0 Å².